The topological polar surface area (TPSA) is 79.4 Å². The molecule has 0 amide bonds. The van der Waals surface area contributed by atoms with Gasteiger partial charge in [0.25, 0.3) is 5.56 Å². The Bertz CT molecular complexity index is 693. The summed E-state index contributed by atoms with van der Waals surface area (Å²) < 4.78 is 17.7. The smallest absolute Gasteiger partial charge is 0.342 e. The minimum Gasteiger partial charge on any atom is -0.502 e. The predicted octanol–water partition coefficient (Wildman–Crippen LogP) is 1.88. The van der Waals surface area contributed by atoms with Gasteiger partial charge < -0.3 is 14.8 Å². The highest BCUT2D eigenvalue weighted by Crippen LogP contribution is 2.25. The Morgan fingerprint density at radius 3 is 2.84 bits per heavy atom. The number of pyridine rings is 1. The van der Waals surface area contributed by atoms with Gasteiger partial charge in [-0.2, -0.15) is 0 Å². The number of esters is 1. The van der Waals surface area contributed by atoms with Gasteiger partial charge in [-0.25, -0.2) is 9.18 Å². The second-order valence-electron chi connectivity index (χ2n) is 3.87. The van der Waals surface area contributed by atoms with E-state index in [1.807, 2.05) is 0 Å². The van der Waals surface area contributed by atoms with E-state index < -0.39 is 24.0 Å². The molecule has 19 heavy (non-hydrogen) atoms. The van der Waals surface area contributed by atoms with Gasteiger partial charge in [-0.05, 0) is 6.92 Å². The molecule has 0 aliphatic rings. The second-order valence-corrected chi connectivity index (χ2v) is 3.87. The number of halogens is 1. The molecule has 0 atom stereocenters. The molecule has 2 rings (SSSR count). The van der Waals surface area contributed by atoms with Gasteiger partial charge in [0.15, 0.2) is 5.75 Å². The molecule has 1 aromatic heterocycles. The van der Waals surface area contributed by atoms with Gasteiger partial charge in [-0.15, -0.1) is 0 Å². The highest BCUT2D eigenvalue weighted by atomic mass is 19.1. The summed E-state index contributed by atoms with van der Waals surface area (Å²) in [6, 6.07) is 4.54. The standard InChI is InChI=1S/C13H12FNO4/c1-2-19-13(18)9-8-5-3-4-7(6-14)10(8)15-12(17)11(9)16/h3-5,16H,2,6H2,1H3,(H,15,17). The fraction of sp³-hybridized carbons (Fsp3) is 0.231. The van der Waals surface area contributed by atoms with Crippen LogP contribution in [0.2, 0.25) is 0 Å². The Balaban J connectivity index is 2.84. The Kier molecular flexibility index (Phi) is 3.50. The van der Waals surface area contributed by atoms with Gasteiger partial charge in [0.2, 0.25) is 0 Å². The number of carbonyl (C=O) groups is 1. The summed E-state index contributed by atoms with van der Waals surface area (Å²) in [7, 11) is 0. The maximum absolute atomic E-state index is 12.9. The number of hydrogen-bond acceptors (Lipinski definition) is 4. The van der Waals surface area contributed by atoms with Crippen molar-refractivity contribution in [3.8, 4) is 5.75 Å². The fourth-order valence-electron chi connectivity index (χ4n) is 1.89. The number of carbonyl (C=O) groups excluding carboxylic acids is 1. The van der Waals surface area contributed by atoms with Crippen LogP contribution in [-0.4, -0.2) is 22.7 Å². The number of aromatic amines is 1. The molecular formula is C13H12FNO4. The average Bonchev–Trinajstić information content (AvgIpc) is 2.39. The number of benzene rings is 1. The molecule has 0 bridgehead atoms. The molecule has 0 aliphatic carbocycles. The number of aromatic hydroxyl groups is 1. The van der Waals surface area contributed by atoms with Crippen LogP contribution in [0.25, 0.3) is 10.9 Å². The van der Waals surface area contributed by atoms with Crippen LogP contribution in [0.4, 0.5) is 4.39 Å². The lowest BCUT2D eigenvalue weighted by atomic mass is 10.0. The summed E-state index contributed by atoms with van der Waals surface area (Å²) in [6.07, 6.45) is 0. The van der Waals surface area contributed by atoms with E-state index in [0.717, 1.165) is 0 Å². The van der Waals surface area contributed by atoms with Crippen LogP contribution in [0.1, 0.15) is 22.8 Å². The fourth-order valence-corrected chi connectivity index (χ4v) is 1.89. The van der Waals surface area contributed by atoms with Crippen molar-refractivity contribution in [1.29, 1.82) is 0 Å². The number of rotatable bonds is 3. The maximum Gasteiger partial charge on any atom is 0.342 e. The first kappa shape index (κ1) is 13.1. The molecule has 2 aromatic rings. The van der Waals surface area contributed by atoms with E-state index >= 15 is 0 Å². The zero-order valence-electron chi connectivity index (χ0n) is 10.2. The zero-order chi connectivity index (χ0) is 14.0. The molecule has 2 N–H and O–H groups in total. The van der Waals surface area contributed by atoms with Crippen molar-refractivity contribution in [3.05, 3.63) is 39.7 Å². The van der Waals surface area contributed by atoms with Crippen molar-refractivity contribution in [1.82, 2.24) is 4.98 Å². The van der Waals surface area contributed by atoms with Gasteiger partial charge in [-0.3, -0.25) is 4.79 Å². The molecule has 1 heterocycles. The molecular weight excluding hydrogens is 253 g/mol. The van der Waals surface area contributed by atoms with Crippen molar-refractivity contribution in [2.75, 3.05) is 6.61 Å². The molecule has 0 fully saturated rings. The Hall–Kier alpha value is -2.37. The summed E-state index contributed by atoms with van der Waals surface area (Å²) in [5.41, 5.74) is -0.664. The first-order valence-corrected chi connectivity index (χ1v) is 5.70. The SMILES string of the molecule is CCOC(=O)c1c(O)c(=O)[nH]c2c(CF)cccc12. The molecule has 5 nitrogen and oxygen atoms in total. The van der Waals surface area contributed by atoms with E-state index in [4.69, 9.17) is 4.74 Å². The molecule has 6 heteroatoms. The molecule has 100 valence electrons. The first-order valence-electron chi connectivity index (χ1n) is 5.70. The Morgan fingerprint density at radius 2 is 2.21 bits per heavy atom. The normalized spacial score (nSPS) is 10.6. The Morgan fingerprint density at radius 1 is 1.47 bits per heavy atom. The summed E-state index contributed by atoms with van der Waals surface area (Å²) in [5, 5.41) is 9.97. The highest BCUT2D eigenvalue weighted by molar-refractivity contribution is 6.06. The molecule has 0 saturated carbocycles. The van der Waals surface area contributed by atoms with E-state index in [9.17, 15) is 19.1 Å². The summed E-state index contributed by atoms with van der Waals surface area (Å²) in [4.78, 5) is 25.8. The second kappa shape index (κ2) is 5.09. The van der Waals surface area contributed by atoms with Crippen LogP contribution in [0.5, 0.6) is 5.75 Å². The molecule has 1 aromatic carbocycles. The number of aromatic nitrogens is 1. The minimum absolute atomic E-state index is 0.107. The van der Waals surface area contributed by atoms with Crippen molar-refractivity contribution < 1.29 is 19.0 Å². The van der Waals surface area contributed by atoms with E-state index in [0.29, 0.717) is 0 Å². The Labute approximate surface area is 107 Å². The largest absolute Gasteiger partial charge is 0.502 e. The number of hydrogen-bond donors (Lipinski definition) is 2. The van der Waals surface area contributed by atoms with Crippen molar-refractivity contribution >= 4 is 16.9 Å². The quantitative estimate of drug-likeness (QED) is 0.830. The van der Waals surface area contributed by atoms with Gasteiger partial charge in [0.05, 0.1) is 12.1 Å². The van der Waals surface area contributed by atoms with Gasteiger partial charge >= 0.3 is 5.97 Å². The average molecular weight is 265 g/mol. The number of fused-ring (bicyclic) bond motifs is 1. The third-order valence-electron chi connectivity index (χ3n) is 2.73. The summed E-state index contributed by atoms with van der Waals surface area (Å²) in [6.45, 7) is 0.924. The number of alkyl halides is 1. The van der Waals surface area contributed by atoms with Crippen molar-refractivity contribution in [2.45, 2.75) is 13.6 Å². The highest BCUT2D eigenvalue weighted by Gasteiger charge is 2.20. The van der Waals surface area contributed by atoms with Crippen molar-refractivity contribution in [3.63, 3.8) is 0 Å². The zero-order valence-corrected chi connectivity index (χ0v) is 10.2. The van der Waals surface area contributed by atoms with E-state index in [-0.39, 0.29) is 28.6 Å². The molecule has 0 radical (unpaired) electrons. The first-order chi connectivity index (χ1) is 9.10. The van der Waals surface area contributed by atoms with Gasteiger partial charge in [0, 0.05) is 10.9 Å². The molecule has 0 saturated heterocycles. The third kappa shape index (κ3) is 2.16. The lowest BCUT2D eigenvalue weighted by Crippen LogP contribution is -2.14. The maximum atomic E-state index is 12.9. The number of ether oxygens (including phenoxy) is 1. The van der Waals surface area contributed by atoms with Gasteiger partial charge in [0.1, 0.15) is 12.2 Å². The lowest BCUT2D eigenvalue weighted by molar-refractivity contribution is 0.0525. The lowest BCUT2D eigenvalue weighted by Gasteiger charge is -2.09. The molecule has 0 unspecified atom stereocenters. The van der Waals surface area contributed by atoms with Crippen LogP contribution >= 0.6 is 0 Å². The van der Waals surface area contributed by atoms with E-state index in [2.05, 4.69) is 4.98 Å². The third-order valence-corrected chi connectivity index (χ3v) is 2.73. The summed E-state index contributed by atoms with van der Waals surface area (Å²) >= 11 is 0. The molecule has 0 aliphatic heterocycles. The van der Waals surface area contributed by atoms with Crippen molar-refractivity contribution in [2.24, 2.45) is 0 Å². The van der Waals surface area contributed by atoms with Crippen LogP contribution in [0.3, 0.4) is 0 Å². The number of H-pyrrole nitrogens is 1. The van der Waals surface area contributed by atoms with Gasteiger partial charge in [-0.1, -0.05) is 18.2 Å². The van der Waals surface area contributed by atoms with Crippen LogP contribution < -0.4 is 5.56 Å². The monoisotopic (exact) mass is 265 g/mol. The predicted molar refractivity (Wildman–Crippen MR) is 67.0 cm³/mol. The van der Waals surface area contributed by atoms with E-state index in [1.165, 1.54) is 18.2 Å². The molecule has 0 spiro atoms. The number of nitrogens with one attached hydrogen (secondary N) is 1. The van der Waals surface area contributed by atoms with Crippen LogP contribution in [-0.2, 0) is 11.4 Å². The van der Waals surface area contributed by atoms with Crippen LogP contribution in [0.15, 0.2) is 23.0 Å². The summed E-state index contributed by atoms with van der Waals surface area (Å²) in [5.74, 6) is -1.53. The minimum atomic E-state index is -0.851. The number of para-hydroxylation sites is 1. The van der Waals surface area contributed by atoms with Crippen LogP contribution in [0, 0.1) is 0 Å². The van der Waals surface area contributed by atoms with E-state index in [1.54, 1.807) is 6.92 Å².